The Labute approximate surface area is 152 Å². The number of carbonyl (C=O) groups excluding carboxylic acids is 2. The molecule has 2 aromatic rings. The summed E-state index contributed by atoms with van der Waals surface area (Å²) in [6, 6.07) is 15.7. The van der Waals surface area contributed by atoms with E-state index in [2.05, 4.69) is 10.6 Å². The van der Waals surface area contributed by atoms with Crippen LogP contribution in [0, 0.1) is 18.3 Å². The number of carbonyl (C=O) groups is 2. The van der Waals surface area contributed by atoms with Crippen molar-refractivity contribution in [1.29, 1.82) is 5.26 Å². The molecule has 0 radical (unpaired) electrons. The molecule has 0 saturated carbocycles. The molecule has 0 aliphatic heterocycles. The Morgan fingerprint density at radius 1 is 1.08 bits per heavy atom. The van der Waals surface area contributed by atoms with Crippen LogP contribution >= 0.6 is 0 Å². The van der Waals surface area contributed by atoms with Gasteiger partial charge >= 0.3 is 5.97 Å². The molecule has 6 nitrogen and oxygen atoms in total. The maximum Gasteiger partial charge on any atom is 0.338 e. The van der Waals surface area contributed by atoms with Crippen LogP contribution in [0.2, 0.25) is 0 Å². The Morgan fingerprint density at radius 2 is 1.69 bits per heavy atom. The third-order valence-electron chi connectivity index (χ3n) is 3.45. The lowest BCUT2D eigenvalue weighted by Gasteiger charge is -2.07. The fraction of sp³-hybridized carbons (Fsp3) is 0.150. The molecule has 0 saturated heterocycles. The van der Waals surface area contributed by atoms with Gasteiger partial charge in [-0.3, -0.25) is 4.79 Å². The molecule has 0 fully saturated rings. The number of hydrogen-bond donors (Lipinski definition) is 2. The highest BCUT2D eigenvalue weighted by atomic mass is 16.5. The molecular weight excluding hydrogens is 330 g/mol. The number of nitriles is 1. The maximum absolute atomic E-state index is 12.2. The second kappa shape index (κ2) is 9.04. The second-order valence-corrected chi connectivity index (χ2v) is 5.43. The van der Waals surface area contributed by atoms with Gasteiger partial charge in [-0.05, 0) is 50.2 Å². The molecule has 26 heavy (non-hydrogen) atoms. The van der Waals surface area contributed by atoms with E-state index in [-0.39, 0.29) is 5.57 Å². The molecule has 0 aliphatic rings. The van der Waals surface area contributed by atoms with Gasteiger partial charge in [-0.15, -0.1) is 0 Å². The largest absolute Gasteiger partial charge is 0.462 e. The molecule has 2 rings (SSSR count). The van der Waals surface area contributed by atoms with Gasteiger partial charge in [0.05, 0.1) is 12.2 Å². The average Bonchev–Trinajstić information content (AvgIpc) is 2.64. The van der Waals surface area contributed by atoms with Crippen molar-refractivity contribution in [3.8, 4) is 6.07 Å². The summed E-state index contributed by atoms with van der Waals surface area (Å²) in [6.07, 6.45) is 1.35. The molecule has 132 valence electrons. The summed E-state index contributed by atoms with van der Waals surface area (Å²) >= 11 is 0. The Balaban J connectivity index is 2.02. The minimum Gasteiger partial charge on any atom is -0.462 e. The smallest absolute Gasteiger partial charge is 0.338 e. The summed E-state index contributed by atoms with van der Waals surface area (Å²) in [4.78, 5) is 23.8. The SMILES string of the molecule is CCOC(=O)c1ccc(NC(=O)/C(C#N)=C\Nc2ccc(C)cc2)cc1. The quantitative estimate of drug-likeness (QED) is 0.472. The molecule has 2 aromatic carbocycles. The summed E-state index contributed by atoms with van der Waals surface area (Å²) in [5.74, 6) is -0.971. The first-order chi connectivity index (χ1) is 12.5. The van der Waals surface area contributed by atoms with E-state index in [0.29, 0.717) is 17.9 Å². The predicted octanol–water partition coefficient (Wildman–Crippen LogP) is 3.63. The van der Waals surface area contributed by atoms with Gasteiger partial charge in [0.15, 0.2) is 0 Å². The number of hydrogen-bond acceptors (Lipinski definition) is 5. The zero-order valence-corrected chi connectivity index (χ0v) is 14.6. The van der Waals surface area contributed by atoms with Crippen LogP contribution in [0.1, 0.15) is 22.8 Å². The minimum absolute atomic E-state index is 0.0694. The number of esters is 1. The van der Waals surface area contributed by atoms with Crippen LogP contribution in [0.3, 0.4) is 0 Å². The summed E-state index contributed by atoms with van der Waals surface area (Å²) in [6.45, 7) is 4.00. The van der Waals surface area contributed by atoms with Crippen LogP contribution in [0.5, 0.6) is 0 Å². The molecule has 1 amide bonds. The zero-order valence-electron chi connectivity index (χ0n) is 14.6. The molecule has 6 heteroatoms. The van der Waals surface area contributed by atoms with Gasteiger partial charge in [0.25, 0.3) is 5.91 Å². The van der Waals surface area contributed by atoms with Gasteiger partial charge in [-0.1, -0.05) is 17.7 Å². The highest BCUT2D eigenvalue weighted by Crippen LogP contribution is 2.13. The lowest BCUT2D eigenvalue weighted by molar-refractivity contribution is -0.112. The average molecular weight is 349 g/mol. The van der Waals surface area contributed by atoms with Crippen molar-refractivity contribution in [2.24, 2.45) is 0 Å². The van der Waals surface area contributed by atoms with Crippen molar-refractivity contribution in [3.05, 3.63) is 71.4 Å². The minimum atomic E-state index is -0.545. The lowest BCUT2D eigenvalue weighted by Crippen LogP contribution is -2.14. The van der Waals surface area contributed by atoms with E-state index in [1.165, 1.54) is 6.20 Å². The fourth-order valence-corrected chi connectivity index (χ4v) is 2.06. The van der Waals surface area contributed by atoms with Crippen molar-refractivity contribution >= 4 is 23.3 Å². The van der Waals surface area contributed by atoms with Crippen molar-refractivity contribution in [3.63, 3.8) is 0 Å². The molecule has 0 unspecified atom stereocenters. The summed E-state index contributed by atoms with van der Waals surface area (Å²) in [5, 5.41) is 14.7. The van der Waals surface area contributed by atoms with Crippen LogP contribution < -0.4 is 10.6 Å². The first-order valence-electron chi connectivity index (χ1n) is 8.05. The molecule has 0 aromatic heterocycles. The molecule has 0 heterocycles. The third-order valence-corrected chi connectivity index (χ3v) is 3.45. The van der Waals surface area contributed by atoms with Gasteiger partial charge in [-0.2, -0.15) is 5.26 Å². The standard InChI is InChI=1S/C20H19N3O3/c1-3-26-20(25)15-6-10-18(11-7-15)23-19(24)16(12-21)13-22-17-8-4-14(2)5-9-17/h4-11,13,22H,3H2,1-2H3,(H,23,24)/b16-13-. The van der Waals surface area contributed by atoms with Gasteiger partial charge < -0.3 is 15.4 Å². The summed E-state index contributed by atoms with van der Waals surface area (Å²) in [5.41, 5.74) is 2.68. The van der Waals surface area contributed by atoms with Crippen LogP contribution in [-0.4, -0.2) is 18.5 Å². The van der Waals surface area contributed by atoms with Gasteiger partial charge in [0.2, 0.25) is 0 Å². The van der Waals surface area contributed by atoms with E-state index < -0.39 is 11.9 Å². The van der Waals surface area contributed by atoms with E-state index in [1.807, 2.05) is 37.3 Å². The van der Waals surface area contributed by atoms with Crippen molar-refractivity contribution in [2.75, 3.05) is 17.2 Å². The Kier molecular flexibility index (Phi) is 6.52. The van der Waals surface area contributed by atoms with Gasteiger partial charge in [0, 0.05) is 17.6 Å². The highest BCUT2D eigenvalue weighted by molar-refractivity contribution is 6.06. The second-order valence-electron chi connectivity index (χ2n) is 5.43. The van der Waals surface area contributed by atoms with Crippen molar-refractivity contribution in [2.45, 2.75) is 13.8 Å². The Hall–Kier alpha value is -3.59. The number of amides is 1. The van der Waals surface area contributed by atoms with E-state index in [4.69, 9.17) is 4.74 Å². The predicted molar refractivity (Wildman–Crippen MR) is 99.5 cm³/mol. The molecule has 0 spiro atoms. The zero-order chi connectivity index (χ0) is 18.9. The topological polar surface area (TPSA) is 91.2 Å². The lowest BCUT2D eigenvalue weighted by atomic mass is 10.2. The summed E-state index contributed by atoms with van der Waals surface area (Å²) < 4.78 is 4.90. The van der Waals surface area contributed by atoms with Crippen LogP contribution in [-0.2, 0) is 9.53 Å². The first kappa shape index (κ1) is 18.7. The third kappa shape index (κ3) is 5.21. The first-order valence-corrected chi connectivity index (χ1v) is 8.05. The van der Waals surface area contributed by atoms with Gasteiger partial charge in [-0.25, -0.2) is 4.79 Å². The molecule has 0 aliphatic carbocycles. The number of nitrogens with one attached hydrogen (secondary N) is 2. The van der Waals surface area contributed by atoms with Gasteiger partial charge in [0.1, 0.15) is 11.6 Å². The maximum atomic E-state index is 12.2. The van der Waals surface area contributed by atoms with Crippen LogP contribution in [0.4, 0.5) is 11.4 Å². The number of nitrogens with zero attached hydrogens (tertiary/aromatic N) is 1. The number of anilines is 2. The normalized spacial score (nSPS) is 10.6. The van der Waals surface area contributed by atoms with Crippen LogP contribution in [0.25, 0.3) is 0 Å². The summed E-state index contributed by atoms with van der Waals surface area (Å²) in [7, 11) is 0. The number of rotatable bonds is 6. The molecule has 0 bridgehead atoms. The van der Waals surface area contributed by atoms with Crippen molar-refractivity contribution in [1.82, 2.24) is 0 Å². The Morgan fingerprint density at radius 3 is 2.27 bits per heavy atom. The van der Waals surface area contributed by atoms with E-state index in [9.17, 15) is 14.9 Å². The van der Waals surface area contributed by atoms with Crippen molar-refractivity contribution < 1.29 is 14.3 Å². The number of benzene rings is 2. The molecule has 0 atom stereocenters. The highest BCUT2D eigenvalue weighted by Gasteiger charge is 2.10. The fourth-order valence-electron chi connectivity index (χ4n) is 2.06. The van der Waals surface area contributed by atoms with E-state index >= 15 is 0 Å². The van der Waals surface area contributed by atoms with Crippen LogP contribution in [0.15, 0.2) is 60.3 Å². The number of ether oxygens (including phenoxy) is 1. The molecule has 2 N–H and O–H groups in total. The Bertz CT molecular complexity index is 847. The molecular formula is C20H19N3O3. The monoisotopic (exact) mass is 349 g/mol. The van der Waals surface area contributed by atoms with E-state index in [1.54, 1.807) is 31.2 Å². The number of aryl methyl sites for hydroxylation is 1. The van der Waals surface area contributed by atoms with E-state index in [0.717, 1.165) is 11.3 Å².